The molecule has 0 aliphatic heterocycles. The minimum Gasteiger partial charge on any atom is -0.465 e. The fraction of sp³-hybridized carbons (Fsp3) is 0.550. The molecule has 0 bridgehead atoms. The number of amides is 1. The number of esters is 1. The molecular weight excluding hydrogens is 348 g/mol. The van der Waals surface area contributed by atoms with Gasteiger partial charge in [0.2, 0.25) is 6.41 Å². The predicted molar refractivity (Wildman–Crippen MR) is 102 cm³/mol. The highest BCUT2D eigenvalue weighted by molar-refractivity contribution is 7.15. The summed E-state index contributed by atoms with van der Waals surface area (Å²) < 4.78 is 4.96. The standard InChI is InChI=1S/C20H24N2O3S/c1-25-20(24)19-17(11-18(26-19)15-5-3-2-4-6-15)22(13-23)16-9-7-14(12-21)8-10-16/h5,11,13-14,16H,2-4,6-10H2,1H3. The van der Waals surface area contributed by atoms with Gasteiger partial charge in [0.15, 0.2) is 0 Å². The molecule has 1 heterocycles. The van der Waals surface area contributed by atoms with Gasteiger partial charge in [-0.3, -0.25) is 4.79 Å². The van der Waals surface area contributed by atoms with Crippen molar-refractivity contribution in [3.63, 3.8) is 0 Å². The first-order valence-corrected chi connectivity index (χ1v) is 10.0. The third-order valence-electron chi connectivity index (χ3n) is 5.36. The van der Waals surface area contributed by atoms with E-state index in [2.05, 4.69) is 12.1 Å². The van der Waals surface area contributed by atoms with E-state index in [1.54, 1.807) is 4.90 Å². The molecule has 1 aromatic heterocycles. The van der Waals surface area contributed by atoms with Crippen LogP contribution in [0.25, 0.3) is 5.57 Å². The number of carbonyl (C=O) groups is 2. The Kier molecular flexibility index (Phi) is 6.10. The fourth-order valence-electron chi connectivity index (χ4n) is 3.85. The Labute approximate surface area is 158 Å². The van der Waals surface area contributed by atoms with Crippen molar-refractivity contribution in [2.45, 2.75) is 57.4 Å². The third kappa shape index (κ3) is 3.83. The molecular formula is C20H24N2O3S. The molecule has 0 radical (unpaired) electrons. The Morgan fingerprint density at radius 2 is 2.12 bits per heavy atom. The molecule has 6 heteroatoms. The van der Waals surface area contributed by atoms with Gasteiger partial charge < -0.3 is 9.64 Å². The summed E-state index contributed by atoms with van der Waals surface area (Å²) in [6.07, 6.45) is 10.6. The Balaban J connectivity index is 1.92. The van der Waals surface area contributed by atoms with Gasteiger partial charge in [-0.15, -0.1) is 11.3 Å². The van der Waals surface area contributed by atoms with E-state index in [1.165, 1.54) is 30.4 Å². The van der Waals surface area contributed by atoms with Gasteiger partial charge in [-0.25, -0.2) is 4.79 Å². The molecule has 5 nitrogen and oxygen atoms in total. The summed E-state index contributed by atoms with van der Waals surface area (Å²) in [6.45, 7) is 0. The summed E-state index contributed by atoms with van der Waals surface area (Å²) in [5.41, 5.74) is 1.91. The van der Waals surface area contributed by atoms with E-state index in [9.17, 15) is 9.59 Å². The molecule has 138 valence electrons. The van der Waals surface area contributed by atoms with Gasteiger partial charge in [0, 0.05) is 16.8 Å². The maximum atomic E-state index is 12.3. The second-order valence-electron chi connectivity index (χ2n) is 6.94. The summed E-state index contributed by atoms with van der Waals surface area (Å²) in [5.74, 6) is -0.324. The molecule has 1 aromatic rings. The lowest BCUT2D eigenvalue weighted by Crippen LogP contribution is -2.37. The zero-order chi connectivity index (χ0) is 18.5. The van der Waals surface area contributed by atoms with Crippen LogP contribution in [0.3, 0.4) is 0 Å². The lowest BCUT2D eigenvalue weighted by molar-refractivity contribution is -0.108. The zero-order valence-electron chi connectivity index (χ0n) is 15.1. The Morgan fingerprint density at radius 1 is 1.35 bits per heavy atom. The van der Waals surface area contributed by atoms with Crippen molar-refractivity contribution in [1.29, 1.82) is 5.26 Å². The number of ether oxygens (including phenoxy) is 1. The number of hydrogen-bond acceptors (Lipinski definition) is 5. The van der Waals surface area contributed by atoms with E-state index in [-0.39, 0.29) is 12.0 Å². The van der Waals surface area contributed by atoms with E-state index < -0.39 is 5.97 Å². The smallest absolute Gasteiger partial charge is 0.350 e. The predicted octanol–water partition coefficient (Wildman–Crippen LogP) is 4.54. The molecule has 26 heavy (non-hydrogen) atoms. The van der Waals surface area contributed by atoms with E-state index in [4.69, 9.17) is 10.00 Å². The van der Waals surface area contributed by atoms with Crippen molar-refractivity contribution in [3.8, 4) is 6.07 Å². The van der Waals surface area contributed by atoms with Crippen LogP contribution >= 0.6 is 11.3 Å². The molecule has 0 saturated heterocycles. The third-order valence-corrected chi connectivity index (χ3v) is 6.54. The van der Waals surface area contributed by atoms with Gasteiger partial charge in [-0.05, 0) is 63.0 Å². The van der Waals surface area contributed by atoms with Gasteiger partial charge in [0.25, 0.3) is 0 Å². The minimum atomic E-state index is -0.398. The van der Waals surface area contributed by atoms with E-state index in [0.717, 1.165) is 56.2 Å². The first-order chi connectivity index (χ1) is 12.7. The highest BCUT2D eigenvalue weighted by atomic mass is 32.1. The lowest BCUT2D eigenvalue weighted by Gasteiger charge is -2.32. The van der Waals surface area contributed by atoms with Crippen LogP contribution < -0.4 is 4.90 Å². The van der Waals surface area contributed by atoms with Crippen LogP contribution in [-0.4, -0.2) is 25.5 Å². The number of allylic oxidation sites excluding steroid dienone is 2. The molecule has 1 fully saturated rings. The number of rotatable bonds is 5. The van der Waals surface area contributed by atoms with Gasteiger partial charge in [0.05, 0.1) is 18.9 Å². The average Bonchev–Trinajstić information content (AvgIpc) is 3.14. The molecule has 0 unspecified atom stereocenters. The summed E-state index contributed by atoms with van der Waals surface area (Å²) in [7, 11) is 1.37. The van der Waals surface area contributed by atoms with Crippen LogP contribution in [0.15, 0.2) is 12.1 Å². The topological polar surface area (TPSA) is 70.4 Å². The van der Waals surface area contributed by atoms with Crippen LogP contribution in [0.2, 0.25) is 0 Å². The minimum absolute atomic E-state index is 0.0308. The largest absolute Gasteiger partial charge is 0.465 e. The number of anilines is 1. The van der Waals surface area contributed by atoms with Crippen molar-refractivity contribution in [3.05, 3.63) is 21.9 Å². The van der Waals surface area contributed by atoms with Crippen molar-refractivity contribution >= 4 is 35.0 Å². The molecule has 2 aliphatic rings. The first kappa shape index (κ1) is 18.7. The van der Waals surface area contributed by atoms with Gasteiger partial charge in [-0.2, -0.15) is 5.26 Å². The van der Waals surface area contributed by atoms with Crippen LogP contribution in [0.4, 0.5) is 5.69 Å². The lowest BCUT2D eigenvalue weighted by atomic mass is 9.86. The molecule has 3 rings (SSSR count). The number of methoxy groups -OCH3 is 1. The van der Waals surface area contributed by atoms with Crippen LogP contribution in [0.5, 0.6) is 0 Å². The molecule has 1 amide bonds. The monoisotopic (exact) mass is 372 g/mol. The Hall–Kier alpha value is -2.13. The van der Waals surface area contributed by atoms with Crippen LogP contribution in [0.1, 0.15) is 65.9 Å². The van der Waals surface area contributed by atoms with Crippen molar-refractivity contribution in [2.24, 2.45) is 5.92 Å². The highest BCUT2D eigenvalue weighted by Gasteiger charge is 2.30. The number of thiophene rings is 1. The maximum Gasteiger partial charge on any atom is 0.350 e. The van der Waals surface area contributed by atoms with Gasteiger partial charge >= 0.3 is 5.97 Å². The quantitative estimate of drug-likeness (QED) is 0.562. The zero-order valence-corrected chi connectivity index (χ0v) is 15.9. The number of hydrogen-bond donors (Lipinski definition) is 0. The summed E-state index contributed by atoms with van der Waals surface area (Å²) in [4.78, 5) is 27.4. The average molecular weight is 372 g/mol. The van der Waals surface area contributed by atoms with Crippen molar-refractivity contribution in [1.82, 2.24) is 0 Å². The number of nitrogens with zero attached hydrogens (tertiary/aromatic N) is 2. The van der Waals surface area contributed by atoms with Crippen LogP contribution in [0, 0.1) is 17.2 Å². The summed E-state index contributed by atoms with van der Waals surface area (Å²) in [6, 6.07) is 4.32. The fourth-order valence-corrected chi connectivity index (χ4v) is 5.00. The number of carbonyl (C=O) groups excluding carboxylic acids is 2. The molecule has 0 aromatic carbocycles. The van der Waals surface area contributed by atoms with Gasteiger partial charge in [0.1, 0.15) is 4.88 Å². The Bertz CT molecular complexity index is 739. The van der Waals surface area contributed by atoms with Gasteiger partial charge in [-0.1, -0.05) is 6.08 Å². The van der Waals surface area contributed by atoms with E-state index >= 15 is 0 Å². The first-order valence-electron chi connectivity index (χ1n) is 9.22. The van der Waals surface area contributed by atoms with Crippen LogP contribution in [-0.2, 0) is 9.53 Å². The molecule has 2 aliphatic carbocycles. The SMILES string of the molecule is COC(=O)c1sc(C2=CCCCC2)cc1N(C=O)C1CCC(C#N)CC1. The normalized spacial score (nSPS) is 22.8. The molecule has 0 atom stereocenters. The molecule has 1 saturated carbocycles. The van der Waals surface area contributed by atoms with Crippen molar-refractivity contribution in [2.75, 3.05) is 12.0 Å². The highest BCUT2D eigenvalue weighted by Crippen LogP contribution is 2.40. The second-order valence-corrected chi connectivity index (χ2v) is 7.99. The Morgan fingerprint density at radius 3 is 2.69 bits per heavy atom. The number of nitriles is 1. The maximum absolute atomic E-state index is 12.3. The van der Waals surface area contributed by atoms with E-state index in [0.29, 0.717) is 10.6 Å². The summed E-state index contributed by atoms with van der Waals surface area (Å²) in [5, 5.41) is 9.09. The van der Waals surface area contributed by atoms with Crippen molar-refractivity contribution < 1.29 is 14.3 Å². The second kappa shape index (κ2) is 8.50. The molecule has 0 N–H and O–H groups in total. The summed E-state index contributed by atoms with van der Waals surface area (Å²) >= 11 is 1.42. The molecule has 0 spiro atoms. The van der Waals surface area contributed by atoms with E-state index in [1.807, 2.05) is 6.07 Å².